The van der Waals surface area contributed by atoms with Crippen LogP contribution in [0.2, 0.25) is 0 Å². The van der Waals surface area contributed by atoms with Crippen LogP contribution in [0.4, 0.5) is 0 Å². The highest BCUT2D eigenvalue weighted by atomic mass is 79.9. The third-order valence-electron chi connectivity index (χ3n) is 3.56. The molecule has 1 unspecified atom stereocenters. The Morgan fingerprint density at radius 2 is 1.48 bits per heavy atom. The molecule has 0 aliphatic rings. The molecule has 0 saturated carbocycles. The number of halogens is 1. The van der Waals surface area contributed by atoms with E-state index in [4.69, 9.17) is 14.6 Å². The van der Waals surface area contributed by atoms with Gasteiger partial charge >= 0.3 is 0 Å². The van der Waals surface area contributed by atoms with Crippen molar-refractivity contribution in [1.29, 1.82) is 0 Å². The van der Waals surface area contributed by atoms with Crippen LogP contribution in [0.1, 0.15) is 17.6 Å². The fraction of sp³-hybridized carbons (Fsp3) is 0.0588. The molecule has 2 heterocycles. The minimum absolute atomic E-state index is 0.413. The van der Waals surface area contributed by atoms with Crippen molar-refractivity contribution in [2.24, 2.45) is 5.73 Å². The summed E-state index contributed by atoms with van der Waals surface area (Å²) < 4.78 is 12.7. The Hall–Kier alpha value is -2.04. The van der Waals surface area contributed by atoms with Gasteiger partial charge in [0.25, 0.3) is 0 Å². The first kappa shape index (κ1) is 12.7. The second-order valence-electron chi connectivity index (χ2n) is 5.00. The van der Waals surface area contributed by atoms with Crippen LogP contribution in [0, 0.1) is 0 Å². The zero-order valence-corrected chi connectivity index (χ0v) is 12.6. The molecule has 0 spiro atoms. The molecule has 2 N–H and O–H groups in total. The maximum atomic E-state index is 6.28. The molecule has 0 saturated heterocycles. The fourth-order valence-electron chi connectivity index (χ4n) is 2.48. The molecule has 0 aliphatic carbocycles. The zero-order chi connectivity index (χ0) is 14.4. The number of para-hydroxylation sites is 1. The Morgan fingerprint density at radius 3 is 2.24 bits per heavy atom. The summed E-state index contributed by atoms with van der Waals surface area (Å²) in [4.78, 5) is 0. The average molecular weight is 342 g/mol. The summed E-state index contributed by atoms with van der Waals surface area (Å²) in [6, 6.07) is 17.2. The number of furan rings is 2. The van der Waals surface area contributed by atoms with Crippen LogP contribution in [-0.2, 0) is 0 Å². The van der Waals surface area contributed by atoms with Gasteiger partial charge in [0.2, 0.25) is 0 Å². The minimum atomic E-state index is -0.413. The Balaban J connectivity index is 1.79. The molecule has 0 bridgehead atoms. The molecule has 4 aromatic rings. The molecule has 3 nitrogen and oxygen atoms in total. The van der Waals surface area contributed by atoms with Crippen LogP contribution < -0.4 is 5.73 Å². The largest absolute Gasteiger partial charge is 0.459 e. The highest BCUT2D eigenvalue weighted by Gasteiger charge is 2.18. The normalized spacial score (nSPS) is 13.0. The zero-order valence-electron chi connectivity index (χ0n) is 11.0. The van der Waals surface area contributed by atoms with E-state index in [1.807, 2.05) is 54.6 Å². The van der Waals surface area contributed by atoms with Crippen molar-refractivity contribution in [3.8, 4) is 0 Å². The van der Waals surface area contributed by atoms with Crippen LogP contribution in [0.15, 0.2) is 67.9 Å². The lowest BCUT2D eigenvalue weighted by Gasteiger charge is -2.03. The molecule has 2 aromatic heterocycles. The summed E-state index contributed by atoms with van der Waals surface area (Å²) in [7, 11) is 0. The van der Waals surface area contributed by atoms with Gasteiger partial charge in [-0.2, -0.15) is 0 Å². The van der Waals surface area contributed by atoms with E-state index in [2.05, 4.69) is 15.9 Å². The van der Waals surface area contributed by atoms with Crippen LogP contribution >= 0.6 is 15.9 Å². The van der Waals surface area contributed by atoms with Gasteiger partial charge in [0.15, 0.2) is 0 Å². The quantitative estimate of drug-likeness (QED) is 0.558. The number of nitrogens with two attached hydrogens (primary N) is 1. The molecule has 4 heteroatoms. The summed E-state index contributed by atoms with van der Waals surface area (Å²) in [6.07, 6.45) is 0. The first-order valence-corrected chi connectivity index (χ1v) is 7.43. The van der Waals surface area contributed by atoms with Crippen molar-refractivity contribution in [2.45, 2.75) is 6.04 Å². The van der Waals surface area contributed by atoms with Crippen LogP contribution in [0.25, 0.3) is 21.9 Å². The molecule has 0 aliphatic heterocycles. The summed E-state index contributed by atoms with van der Waals surface area (Å²) in [5.41, 5.74) is 7.94. The van der Waals surface area contributed by atoms with Crippen molar-refractivity contribution in [3.63, 3.8) is 0 Å². The third-order valence-corrected chi connectivity index (χ3v) is 4.05. The van der Waals surface area contributed by atoms with E-state index in [0.717, 1.165) is 26.4 Å². The molecule has 0 amide bonds. The van der Waals surface area contributed by atoms with Crippen LogP contribution in [-0.4, -0.2) is 0 Å². The second kappa shape index (κ2) is 4.76. The second-order valence-corrected chi connectivity index (χ2v) is 5.91. The smallest absolute Gasteiger partial charge is 0.134 e. The van der Waals surface area contributed by atoms with Gasteiger partial charge < -0.3 is 14.6 Å². The maximum Gasteiger partial charge on any atom is 0.134 e. The fourth-order valence-corrected chi connectivity index (χ4v) is 2.86. The molecule has 104 valence electrons. The lowest BCUT2D eigenvalue weighted by Crippen LogP contribution is -2.09. The van der Waals surface area contributed by atoms with E-state index in [1.54, 1.807) is 0 Å². The van der Waals surface area contributed by atoms with E-state index in [-0.39, 0.29) is 0 Å². The minimum Gasteiger partial charge on any atom is -0.459 e. The first-order valence-electron chi connectivity index (χ1n) is 6.64. The molecule has 0 fully saturated rings. The van der Waals surface area contributed by atoms with Gasteiger partial charge in [-0.25, -0.2) is 0 Å². The van der Waals surface area contributed by atoms with Gasteiger partial charge in [-0.15, -0.1) is 0 Å². The highest BCUT2D eigenvalue weighted by molar-refractivity contribution is 9.10. The molecular weight excluding hydrogens is 330 g/mol. The van der Waals surface area contributed by atoms with E-state index in [9.17, 15) is 0 Å². The topological polar surface area (TPSA) is 52.3 Å². The van der Waals surface area contributed by atoms with Crippen molar-refractivity contribution in [3.05, 3.63) is 70.6 Å². The predicted octanol–water partition coefficient (Wildman–Crippen LogP) is 4.99. The van der Waals surface area contributed by atoms with Crippen molar-refractivity contribution in [2.75, 3.05) is 0 Å². The van der Waals surface area contributed by atoms with Crippen LogP contribution in [0.3, 0.4) is 0 Å². The summed E-state index contributed by atoms with van der Waals surface area (Å²) in [6.45, 7) is 0. The monoisotopic (exact) mass is 341 g/mol. The Bertz CT molecular complexity index is 905. The number of rotatable bonds is 2. The lowest BCUT2D eigenvalue weighted by atomic mass is 10.1. The highest BCUT2D eigenvalue weighted by Crippen LogP contribution is 2.31. The van der Waals surface area contributed by atoms with Gasteiger partial charge in [0, 0.05) is 15.2 Å². The van der Waals surface area contributed by atoms with E-state index in [0.29, 0.717) is 11.5 Å². The summed E-state index contributed by atoms with van der Waals surface area (Å²) in [5, 5.41) is 2.06. The van der Waals surface area contributed by atoms with E-state index < -0.39 is 6.04 Å². The number of hydrogen-bond donors (Lipinski definition) is 1. The standard InChI is InChI=1S/C17H12BrNO2/c18-12-5-6-14-11(7-12)9-16(21-14)17(19)15-8-10-3-1-2-4-13(10)20-15/h1-9,17H,19H2. The third kappa shape index (κ3) is 2.17. The number of hydrogen-bond acceptors (Lipinski definition) is 3. The van der Waals surface area contributed by atoms with Gasteiger partial charge in [-0.3, -0.25) is 0 Å². The molecule has 21 heavy (non-hydrogen) atoms. The Morgan fingerprint density at radius 1 is 0.810 bits per heavy atom. The van der Waals surface area contributed by atoms with Crippen LogP contribution in [0.5, 0.6) is 0 Å². The Kier molecular flexibility index (Phi) is 2.87. The van der Waals surface area contributed by atoms with E-state index >= 15 is 0 Å². The van der Waals surface area contributed by atoms with E-state index in [1.165, 1.54) is 0 Å². The molecule has 4 rings (SSSR count). The van der Waals surface area contributed by atoms with Crippen molar-refractivity contribution in [1.82, 2.24) is 0 Å². The number of fused-ring (bicyclic) bond motifs is 2. The lowest BCUT2D eigenvalue weighted by molar-refractivity contribution is 0.463. The molecule has 2 aromatic carbocycles. The number of benzene rings is 2. The molecule has 0 radical (unpaired) electrons. The van der Waals surface area contributed by atoms with Gasteiger partial charge in [-0.05, 0) is 36.4 Å². The summed E-state index contributed by atoms with van der Waals surface area (Å²) in [5.74, 6) is 1.40. The SMILES string of the molecule is NC(c1cc2ccccc2o1)c1cc2cc(Br)ccc2o1. The van der Waals surface area contributed by atoms with Gasteiger partial charge in [-0.1, -0.05) is 34.1 Å². The average Bonchev–Trinajstić information content (AvgIpc) is 3.09. The first-order chi connectivity index (χ1) is 10.2. The van der Waals surface area contributed by atoms with Gasteiger partial charge in [0.1, 0.15) is 28.7 Å². The van der Waals surface area contributed by atoms with Gasteiger partial charge in [0.05, 0.1) is 0 Å². The summed E-state index contributed by atoms with van der Waals surface area (Å²) >= 11 is 3.46. The van der Waals surface area contributed by atoms with Crippen molar-refractivity contribution >= 4 is 37.9 Å². The maximum absolute atomic E-state index is 6.28. The predicted molar refractivity (Wildman–Crippen MR) is 86.2 cm³/mol. The molecular formula is C17H12BrNO2. The Labute approximate surface area is 129 Å². The van der Waals surface area contributed by atoms with Crippen molar-refractivity contribution < 1.29 is 8.83 Å². The molecule has 1 atom stereocenters.